The number of hydrogen-bond donors (Lipinski definition) is 1. The van der Waals surface area contributed by atoms with Crippen molar-refractivity contribution in [3.63, 3.8) is 0 Å². The molecule has 6 rings (SSSR count). The fraction of sp³-hybridized carbons (Fsp3) is 0.314. The summed E-state index contributed by atoms with van der Waals surface area (Å²) in [5.74, 6) is 0.193. The van der Waals surface area contributed by atoms with Crippen molar-refractivity contribution in [1.82, 2.24) is 14.8 Å². The van der Waals surface area contributed by atoms with Gasteiger partial charge in [-0.05, 0) is 75.2 Å². The number of ether oxygens (including phenoxy) is 1. The summed E-state index contributed by atoms with van der Waals surface area (Å²) in [5.41, 5.74) is 6.24. The van der Waals surface area contributed by atoms with Crippen LogP contribution in [0.2, 0.25) is 5.02 Å². The maximum Gasteiger partial charge on any atom is 0.267 e. The largest absolute Gasteiger partial charge is 0.496 e. The molecule has 2 aliphatic rings. The topological polar surface area (TPSA) is 66.8 Å². The predicted octanol–water partition coefficient (Wildman–Crippen LogP) is 6.55. The Hall–Kier alpha value is -4.07. The number of nitrogens with one attached hydrogen (secondary N) is 1. The molecule has 1 unspecified atom stereocenters. The second-order valence-electron chi connectivity index (χ2n) is 11.4. The van der Waals surface area contributed by atoms with Gasteiger partial charge in [-0.1, -0.05) is 60.1 Å². The average molecular weight is 597 g/mol. The number of amides is 2. The van der Waals surface area contributed by atoms with E-state index in [0.717, 1.165) is 46.6 Å². The fourth-order valence-electron chi connectivity index (χ4n) is 6.61. The third-order valence-corrected chi connectivity index (χ3v) is 9.18. The lowest BCUT2D eigenvalue weighted by atomic mass is 9.96. The maximum atomic E-state index is 14.4. The Morgan fingerprint density at radius 3 is 2.53 bits per heavy atom. The van der Waals surface area contributed by atoms with Gasteiger partial charge < -0.3 is 24.4 Å². The summed E-state index contributed by atoms with van der Waals surface area (Å²) >= 11 is 6.85. The molecule has 43 heavy (non-hydrogen) atoms. The monoisotopic (exact) mass is 596 g/mol. The number of aromatic nitrogens is 1. The molecule has 1 fully saturated rings. The molecule has 1 atom stereocenters. The van der Waals surface area contributed by atoms with Crippen LogP contribution in [0.25, 0.3) is 11.1 Å². The summed E-state index contributed by atoms with van der Waals surface area (Å²) in [6, 6.07) is 23.8. The van der Waals surface area contributed by atoms with Crippen molar-refractivity contribution in [2.45, 2.75) is 45.3 Å². The van der Waals surface area contributed by atoms with Gasteiger partial charge in [0.25, 0.3) is 11.8 Å². The molecule has 0 radical (unpaired) electrons. The first-order valence-corrected chi connectivity index (χ1v) is 15.2. The number of nitrogens with zero attached hydrogens (tertiary/aromatic N) is 3. The zero-order chi connectivity index (χ0) is 30.1. The van der Waals surface area contributed by atoms with Crippen LogP contribution >= 0.6 is 11.6 Å². The van der Waals surface area contributed by atoms with Crippen LogP contribution in [0.4, 0.5) is 5.69 Å². The minimum absolute atomic E-state index is 0.0928. The molecular weight excluding hydrogens is 560 g/mol. The Bertz CT molecular complexity index is 1670. The second-order valence-corrected chi connectivity index (χ2v) is 11.8. The molecule has 7 nitrogen and oxygen atoms in total. The van der Waals surface area contributed by atoms with E-state index in [-0.39, 0.29) is 11.8 Å². The van der Waals surface area contributed by atoms with Crippen LogP contribution in [0.3, 0.4) is 0 Å². The van der Waals surface area contributed by atoms with Crippen LogP contribution in [0.1, 0.15) is 56.9 Å². The molecular formula is C35H37ClN4O3. The smallest absolute Gasteiger partial charge is 0.267 e. The van der Waals surface area contributed by atoms with Crippen molar-refractivity contribution < 1.29 is 14.3 Å². The van der Waals surface area contributed by atoms with Crippen LogP contribution in [-0.4, -0.2) is 54.6 Å². The molecule has 1 aromatic heterocycles. The van der Waals surface area contributed by atoms with Gasteiger partial charge in [0, 0.05) is 40.1 Å². The molecule has 3 heterocycles. The third-order valence-electron chi connectivity index (χ3n) is 8.88. The SMILES string of the molecule is COc1c(C(=O)N2Cc3ccc(C(=O)NCCC4CCCN4C)n3Cc3ccccc32)cc(Cl)c(-c2ccccc2)c1C. The van der Waals surface area contributed by atoms with Crippen LogP contribution in [0.15, 0.2) is 72.8 Å². The molecule has 222 valence electrons. The van der Waals surface area contributed by atoms with Crippen molar-refractivity contribution in [2.75, 3.05) is 32.1 Å². The van der Waals surface area contributed by atoms with Gasteiger partial charge in [0.15, 0.2) is 0 Å². The number of methoxy groups -OCH3 is 1. The fourth-order valence-corrected chi connectivity index (χ4v) is 6.97. The summed E-state index contributed by atoms with van der Waals surface area (Å²) in [4.78, 5) is 31.9. The van der Waals surface area contributed by atoms with Crippen molar-refractivity contribution in [1.29, 1.82) is 0 Å². The summed E-state index contributed by atoms with van der Waals surface area (Å²) < 4.78 is 7.87. The molecule has 3 aromatic carbocycles. The van der Waals surface area contributed by atoms with E-state index in [4.69, 9.17) is 16.3 Å². The Morgan fingerprint density at radius 1 is 1.02 bits per heavy atom. The van der Waals surface area contributed by atoms with E-state index in [2.05, 4.69) is 17.3 Å². The number of anilines is 1. The first-order valence-electron chi connectivity index (χ1n) is 14.9. The highest BCUT2D eigenvalue weighted by Gasteiger charge is 2.30. The highest BCUT2D eigenvalue weighted by Crippen LogP contribution is 2.40. The quantitative estimate of drug-likeness (QED) is 0.263. The summed E-state index contributed by atoms with van der Waals surface area (Å²) in [7, 11) is 3.73. The van der Waals surface area contributed by atoms with Gasteiger partial charge in [0.05, 0.1) is 25.8 Å². The number of carbonyl (C=O) groups is 2. The molecule has 0 saturated carbocycles. The normalized spacial score (nSPS) is 16.4. The number of halogens is 1. The standard InChI is InChI=1S/C35H37ClN4O3/c1-23-32(24-10-5-4-6-11-24)29(36)20-28(33(23)43-3)35(42)40-22-27-15-16-31(39(27)21-25-12-7-8-14-30(25)40)34(41)37-18-17-26-13-9-19-38(26)2/h4-8,10-12,14-16,20,26H,9,13,17-19,21-22H2,1-3H3,(H,37,41). The summed E-state index contributed by atoms with van der Waals surface area (Å²) in [6.07, 6.45) is 3.33. The predicted molar refractivity (Wildman–Crippen MR) is 171 cm³/mol. The highest BCUT2D eigenvalue weighted by atomic mass is 35.5. The van der Waals surface area contributed by atoms with Crippen molar-refractivity contribution in [3.8, 4) is 16.9 Å². The van der Waals surface area contributed by atoms with Crippen molar-refractivity contribution in [3.05, 3.63) is 106 Å². The number of para-hydroxylation sites is 1. The minimum atomic E-state index is -0.213. The van der Waals surface area contributed by atoms with E-state index in [0.29, 0.717) is 47.7 Å². The molecule has 1 saturated heterocycles. The average Bonchev–Trinajstić information content (AvgIpc) is 3.57. The van der Waals surface area contributed by atoms with Crippen LogP contribution in [0, 0.1) is 6.92 Å². The Balaban J connectivity index is 1.31. The molecule has 2 aliphatic heterocycles. The van der Waals surface area contributed by atoms with Gasteiger partial charge in [-0.15, -0.1) is 0 Å². The van der Waals surface area contributed by atoms with Gasteiger partial charge in [-0.25, -0.2) is 0 Å². The van der Waals surface area contributed by atoms with Crippen LogP contribution in [0.5, 0.6) is 5.75 Å². The number of benzene rings is 3. The number of rotatable bonds is 7. The number of hydrogen-bond acceptors (Lipinski definition) is 4. The zero-order valence-electron chi connectivity index (χ0n) is 24.9. The van der Waals surface area contributed by atoms with E-state index >= 15 is 0 Å². The summed E-state index contributed by atoms with van der Waals surface area (Å²) in [6.45, 7) is 4.47. The third kappa shape index (κ3) is 5.55. The molecule has 4 aromatic rings. The van der Waals surface area contributed by atoms with Gasteiger partial charge in [-0.2, -0.15) is 0 Å². The maximum absolute atomic E-state index is 14.4. The van der Waals surface area contributed by atoms with E-state index < -0.39 is 0 Å². The molecule has 0 aliphatic carbocycles. The second kappa shape index (κ2) is 12.3. The van der Waals surface area contributed by atoms with Gasteiger partial charge in [0.2, 0.25) is 0 Å². The first-order chi connectivity index (χ1) is 20.9. The van der Waals surface area contributed by atoms with Crippen molar-refractivity contribution in [2.24, 2.45) is 0 Å². The van der Waals surface area contributed by atoms with Crippen LogP contribution in [-0.2, 0) is 13.1 Å². The number of likely N-dealkylation sites (tertiary alicyclic amines) is 1. The number of carbonyl (C=O) groups excluding carboxylic acids is 2. The Kier molecular flexibility index (Phi) is 8.28. The zero-order valence-corrected chi connectivity index (χ0v) is 25.7. The molecule has 8 heteroatoms. The Labute approximate surface area is 258 Å². The van der Waals surface area contributed by atoms with E-state index in [9.17, 15) is 9.59 Å². The lowest BCUT2D eigenvalue weighted by molar-refractivity contribution is 0.0940. The van der Waals surface area contributed by atoms with E-state index in [1.165, 1.54) is 12.8 Å². The Morgan fingerprint density at radius 2 is 1.79 bits per heavy atom. The van der Waals surface area contributed by atoms with Gasteiger partial charge in [0.1, 0.15) is 11.4 Å². The lowest BCUT2D eigenvalue weighted by Gasteiger charge is -2.25. The minimum Gasteiger partial charge on any atom is -0.496 e. The van der Waals surface area contributed by atoms with Crippen LogP contribution < -0.4 is 15.0 Å². The number of fused-ring (bicyclic) bond motifs is 2. The van der Waals surface area contributed by atoms with Gasteiger partial charge >= 0.3 is 0 Å². The molecule has 2 amide bonds. The van der Waals surface area contributed by atoms with E-state index in [1.54, 1.807) is 18.1 Å². The van der Waals surface area contributed by atoms with E-state index in [1.807, 2.05) is 78.2 Å². The molecule has 0 bridgehead atoms. The first kappa shape index (κ1) is 29.0. The highest BCUT2D eigenvalue weighted by molar-refractivity contribution is 6.34. The molecule has 1 N–H and O–H groups in total. The molecule has 0 spiro atoms. The van der Waals surface area contributed by atoms with Gasteiger partial charge in [-0.3, -0.25) is 9.59 Å². The van der Waals surface area contributed by atoms with Crippen molar-refractivity contribution >= 4 is 29.1 Å². The summed E-state index contributed by atoms with van der Waals surface area (Å²) in [5, 5.41) is 3.62. The lowest BCUT2D eigenvalue weighted by Crippen LogP contribution is -2.33.